The molecule has 0 unspecified atom stereocenters. The van der Waals surface area contributed by atoms with Gasteiger partial charge >= 0.3 is 5.69 Å². The predicted molar refractivity (Wildman–Crippen MR) is 77.3 cm³/mol. The zero-order chi connectivity index (χ0) is 16.1. The van der Waals surface area contributed by atoms with Gasteiger partial charge < -0.3 is 10.2 Å². The second kappa shape index (κ2) is 7.01. The summed E-state index contributed by atoms with van der Waals surface area (Å²) in [7, 11) is 0. The fraction of sp³-hybridized carbons (Fsp3) is 0.615. The lowest BCUT2D eigenvalue weighted by Gasteiger charge is -2.15. The molecular formula is C13H19N5O4. The van der Waals surface area contributed by atoms with Crippen molar-refractivity contribution in [1.82, 2.24) is 20.0 Å². The SMILES string of the molecule is CCn1ncc([N+](=O)[O-])c1C(=O)NCCCN1CCCC1=O. The first-order valence-corrected chi connectivity index (χ1v) is 7.30. The van der Waals surface area contributed by atoms with E-state index in [0.29, 0.717) is 32.5 Å². The molecule has 0 aromatic carbocycles. The minimum atomic E-state index is -0.614. The lowest BCUT2D eigenvalue weighted by atomic mass is 10.3. The van der Waals surface area contributed by atoms with Crippen molar-refractivity contribution in [2.45, 2.75) is 32.7 Å². The van der Waals surface area contributed by atoms with Crippen LogP contribution in [0.1, 0.15) is 36.7 Å². The second-order valence-electron chi connectivity index (χ2n) is 5.05. The van der Waals surface area contributed by atoms with Gasteiger partial charge in [-0.25, -0.2) is 0 Å². The van der Waals surface area contributed by atoms with Crippen LogP contribution in [0.2, 0.25) is 0 Å². The average Bonchev–Trinajstić information content (AvgIpc) is 3.09. The highest BCUT2D eigenvalue weighted by molar-refractivity contribution is 5.96. The van der Waals surface area contributed by atoms with Crippen LogP contribution in [-0.4, -0.2) is 51.1 Å². The van der Waals surface area contributed by atoms with E-state index in [1.165, 1.54) is 4.68 Å². The van der Waals surface area contributed by atoms with Crippen LogP contribution in [0.4, 0.5) is 5.69 Å². The predicted octanol–water partition coefficient (Wildman–Crippen LogP) is 0.553. The van der Waals surface area contributed by atoms with Crippen molar-refractivity contribution < 1.29 is 14.5 Å². The lowest BCUT2D eigenvalue weighted by Crippen LogP contribution is -2.31. The molecule has 1 fully saturated rings. The van der Waals surface area contributed by atoms with Crippen LogP contribution in [0.3, 0.4) is 0 Å². The Morgan fingerprint density at radius 1 is 1.55 bits per heavy atom. The normalized spacial score (nSPS) is 14.4. The first-order chi connectivity index (χ1) is 10.5. The number of hydrogen-bond acceptors (Lipinski definition) is 5. The summed E-state index contributed by atoms with van der Waals surface area (Å²) in [6.45, 7) is 3.84. The van der Waals surface area contributed by atoms with Gasteiger partial charge in [0.15, 0.2) is 0 Å². The van der Waals surface area contributed by atoms with E-state index < -0.39 is 10.8 Å². The van der Waals surface area contributed by atoms with Gasteiger partial charge in [-0.2, -0.15) is 5.10 Å². The number of rotatable bonds is 7. The maximum absolute atomic E-state index is 12.1. The Kier molecular flexibility index (Phi) is 5.08. The Morgan fingerprint density at radius 2 is 2.32 bits per heavy atom. The smallest absolute Gasteiger partial charge is 0.320 e. The zero-order valence-electron chi connectivity index (χ0n) is 12.4. The van der Waals surface area contributed by atoms with Crippen molar-refractivity contribution in [3.63, 3.8) is 0 Å². The van der Waals surface area contributed by atoms with E-state index in [1.807, 2.05) is 0 Å². The monoisotopic (exact) mass is 309 g/mol. The summed E-state index contributed by atoms with van der Waals surface area (Å²) in [5.74, 6) is -0.371. The molecule has 1 aliphatic heterocycles. The summed E-state index contributed by atoms with van der Waals surface area (Å²) in [5.41, 5.74) is -0.334. The van der Waals surface area contributed by atoms with Crippen LogP contribution in [0.5, 0.6) is 0 Å². The molecule has 0 saturated carbocycles. The van der Waals surface area contributed by atoms with Crippen LogP contribution in [-0.2, 0) is 11.3 Å². The van der Waals surface area contributed by atoms with Crippen molar-refractivity contribution in [2.75, 3.05) is 19.6 Å². The Labute approximate surface area is 127 Å². The highest BCUT2D eigenvalue weighted by Gasteiger charge is 2.26. The largest absolute Gasteiger partial charge is 0.350 e. The maximum atomic E-state index is 12.1. The zero-order valence-corrected chi connectivity index (χ0v) is 12.4. The van der Waals surface area contributed by atoms with Crippen molar-refractivity contribution in [1.29, 1.82) is 0 Å². The van der Waals surface area contributed by atoms with Crippen molar-refractivity contribution in [3.05, 3.63) is 22.0 Å². The number of carbonyl (C=O) groups excluding carboxylic acids is 2. The summed E-state index contributed by atoms with van der Waals surface area (Å²) in [6.07, 6.45) is 3.17. The number of hydrogen-bond donors (Lipinski definition) is 1. The van der Waals surface area contributed by atoms with Gasteiger partial charge in [0, 0.05) is 32.6 Å². The van der Waals surface area contributed by atoms with E-state index in [-0.39, 0.29) is 17.3 Å². The number of carbonyl (C=O) groups is 2. The van der Waals surface area contributed by atoms with Crippen LogP contribution >= 0.6 is 0 Å². The van der Waals surface area contributed by atoms with Gasteiger partial charge in [-0.3, -0.25) is 24.4 Å². The van der Waals surface area contributed by atoms with E-state index >= 15 is 0 Å². The molecule has 0 atom stereocenters. The highest BCUT2D eigenvalue weighted by Crippen LogP contribution is 2.17. The van der Waals surface area contributed by atoms with E-state index in [1.54, 1.807) is 11.8 Å². The van der Waals surface area contributed by atoms with Gasteiger partial charge in [0.2, 0.25) is 11.6 Å². The highest BCUT2D eigenvalue weighted by atomic mass is 16.6. The summed E-state index contributed by atoms with van der Waals surface area (Å²) in [4.78, 5) is 35.6. The molecule has 1 N–H and O–H groups in total. The number of amides is 2. The van der Waals surface area contributed by atoms with Gasteiger partial charge in [0.05, 0.1) is 4.92 Å². The molecule has 120 valence electrons. The lowest BCUT2D eigenvalue weighted by molar-refractivity contribution is -0.385. The average molecular weight is 309 g/mol. The van der Waals surface area contributed by atoms with Crippen molar-refractivity contribution in [3.8, 4) is 0 Å². The molecule has 9 heteroatoms. The fourth-order valence-electron chi connectivity index (χ4n) is 2.48. The third-order valence-corrected chi connectivity index (χ3v) is 3.59. The third-order valence-electron chi connectivity index (χ3n) is 3.59. The first-order valence-electron chi connectivity index (χ1n) is 7.30. The molecule has 2 rings (SSSR count). The number of likely N-dealkylation sites (tertiary alicyclic amines) is 1. The molecule has 0 spiro atoms. The van der Waals surface area contributed by atoms with E-state index in [9.17, 15) is 19.7 Å². The Hall–Kier alpha value is -2.45. The fourth-order valence-corrected chi connectivity index (χ4v) is 2.48. The molecule has 1 aromatic heterocycles. The second-order valence-corrected chi connectivity index (χ2v) is 5.05. The summed E-state index contributed by atoms with van der Waals surface area (Å²) >= 11 is 0. The molecule has 22 heavy (non-hydrogen) atoms. The first kappa shape index (κ1) is 15.9. The number of aromatic nitrogens is 2. The van der Waals surface area contributed by atoms with Crippen molar-refractivity contribution in [2.24, 2.45) is 0 Å². The Bertz CT molecular complexity index is 583. The molecule has 2 heterocycles. The quantitative estimate of drug-likeness (QED) is 0.449. The number of nitrogens with zero attached hydrogens (tertiary/aromatic N) is 4. The van der Waals surface area contributed by atoms with Crippen LogP contribution in [0, 0.1) is 10.1 Å². The maximum Gasteiger partial charge on any atom is 0.320 e. The Morgan fingerprint density at radius 3 is 2.91 bits per heavy atom. The molecule has 0 aliphatic carbocycles. The molecule has 0 bridgehead atoms. The summed E-state index contributed by atoms with van der Waals surface area (Å²) < 4.78 is 1.30. The molecule has 1 saturated heterocycles. The Balaban J connectivity index is 1.88. The van der Waals surface area contributed by atoms with Crippen LogP contribution < -0.4 is 5.32 Å². The molecule has 9 nitrogen and oxygen atoms in total. The molecule has 1 aliphatic rings. The third kappa shape index (κ3) is 3.41. The van der Waals surface area contributed by atoms with Gasteiger partial charge in [-0.1, -0.05) is 0 Å². The van der Waals surface area contributed by atoms with Gasteiger partial charge in [0.1, 0.15) is 6.20 Å². The standard InChI is InChI=1S/C13H19N5O4/c1-2-17-12(10(9-15-17)18(21)22)13(20)14-6-4-8-16-7-3-5-11(16)19/h9H,2-8H2,1H3,(H,14,20). The van der Waals surface area contributed by atoms with E-state index in [4.69, 9.17) is 0 Å². The van der Waals surface area contributed by atoms with Crippen molar-refractivity contribution >= 4 is 17.5 Å². The van der Waals surface area contributed by atoms with E-state index in [0.717, 1.165) is 19.2 Å². The molecule has 1 aromatic rings. The molecule has 0 radical (unpaired) electrons. The van der Waals surface area contributed by atoms with Gasteiger partial charge in [-0.05, 0) is 19.8 Å². The van der Waals surface area contributed by atoms with E-state index in [2.05, 4.69) is 10.4 Å². The number of nitrogens with one attached hydrogen (secondary N) is 1. The van der Waals surface area contributed by atoms with Crippen LogP contribution in [0.25, 0.3) is 0 Å². The van der Waals surface area contributed by atoms with Gasteiger partial charge in [-0.15, -0.1) is 0 Å². The van der Waals surface area contributed by atoms with Crippen LogP contribution in [0.15, 0.2) is 6.20 Å². The number of aryl methyl sites for hydroxylation is 1. The molecule has 2 amide bonds. The minimum Gasteiger partial charge on any atom is -0.350 e. The number of nitro groups is 1. The summed E-state index contributed by atoms with van der Waals surface area (Å²) in [6, 6.07) is 0. The van der Waals surface area contributed by atoms with Gasteiger partial charge in [0.25, 0.3) is 5.91 Å². The minimum absolute atomic E-state index is 0.0373. The summed E-state index contributed by atoms with van der Waals surface area (Å²) in [5, 5.41) is 17.4. The molecular weight excluding hydrogens is 290 g/mol. The topological polar surface area (TPSA) is 110 Å².